The summed E-state index contributed by atoms with van der Waals surface area (Å²) >= 11 is 0. The van der Waals surface area contributed by atoms with Crippen LogP contribution in [-0.4, -0.2) is 0 Å². The van der Waals surface area contributed by atoms with Gasteiger partial charge in [-0.15, -0.1) is 0 Å². The van der Waals surface area contributed by atoms with Crippen molar-refractivity contribution in [2.45, 2.75) is 32.1 Å². The average molecular weight is 744 g/mol. The summed E-state index contributed by atoms with van der Waals surface area (Å²) in [5, 5.41) is 2.60. The lowest BCUT2D eigenvalue weighted by molar-refractivity contribution is 0.491. The summed E-state index contributed by atoms with van der Waals surface area (Å²) in [6.45, 7) is 4.73. The van der Waals surface area contributed by atoms with E-state index in [0.717, 1.165) is 29.9 Å². The Hall–Kier alpha value is -6.96. The van der Waals surface area contributed by atoms with Crippen molar-refractivity contribution >= 4 is 27.8 Å². The molecule has 0 amide bonds. The summed E-state index contributed by atoms with van der Waals surface area (Å²) in [6.07, 6.45) is 2.06. The molecule has 1 heteroatoms. The van der Waals surface area contributed by atoms with Gasteiger partial charge in [-0.1, -0.05) is 178 Å². The number of nitrogens with zero attached hydrogens (tertiary/aromatic N) is 1. The molecule has 0 unspecified atom stereocenters. The fourth-order valence-corrected chi connectivity index (χ4v) is 9.54. The van der Waals surface area contributed by atoms with Gasteiger partial charge < -0.3 is 4.90 Å². The van der Waals surface area contributed by atoms with Gasteiger partial charge in [-0.2, -0.15) is 0 Å². The Morgan fingerprint density at radius 1 is 0.328 bits per heavy atom. The van der Waals surface area contributed by atoms with Gasteiger partial charge in [0, 0.05) is 22.4 Å². The molecule has 0 N–H and O–H groups in total. The SMILES string of the molecule is CCC1(CC)c2cc(N(c3ccc(-c4cccc(-c5ccccc5)c4)cc3)c3ccccc3-c3ccccc3-c3ccccc3)ccc2-c2cc3ccccc3cc21. The molecule has 0 aromatic heterocycles. The number of hydrogen-bond donors (Lipinski definition) is 0. The molecule has 0 radical (unpaired) electrons. The van der Waals surface area contributed by atoms with Gasteiger partial charge in [0.2, 0.25) is 0 Å². The molecule has 1 aliphatic carbocycles. The first kappa shape index (κ1) is 35.5. The quantitative estimate of drug-likeness (QED) is 0.142. The van der Waals surface area contributed by atoms with E-state index in [0.29, 0.717) is 0 Å². The van der Waals surface area contributed by atoms with Crippen molar-refractivity contribution in [3.63, 3.8) is 0 Å². The minimum atomic E-state index is -0.0799. The summed E-state index contributed by atoms with van der Waals surface area (Å²) in [7, 11) is 0. The van der Waals surface area contributed by atoms with E-state index in [1.165, 1.54) is 77.5 Å². The van der Waals surface area contributed by atoms with Crippen molar-refractivity contribution in [1.82, 2.24) is 0 Å². The maximum Gasteiger partial charge on any atom is 0.0540 e. The molecule has 1 nitrogen and oxygen atoms in total. The molecule has 0 fully saturated rings. The van der Waals surface area contributed by atoms with Crippen molar-refractivity contribution in [2.75, 3.05) is 4.90 Å². The smallest absolute Gasteiger partial charge is 0.0540 e. The maximum atomic E-state index is 2.50. The molecule has 1 aliphatic rings. The molecule has 9 aromatic rings. The van der Waals surface area contributed by atoms with Crippen LogP contribution in [0.15, 0.2) is 212 Å². The third-order valence-corrected chi connectivity index (χ3v) is 12.6. The molecular formula is C57H45N. The van der Waals surface area contributed by atoms with Crippen LogP contribution < -0.4 is 4.90 Å². The molecular weight excluding hydrogens is 699 g/mol. The monoisotopic (exact) mass is 743 g/mol. The molecule has 0 saturated carbocycles. The van der Waals surface area contributed by atoms with Crippen LogP contribution in [-0.2, 0) is 5.41 Å². The zero-order valence-corrected chi connectivity index (χ0v) is 33.1. The van der Waals surface area contributed by atoms with E-state index in [4.69, 9.17) is 0 Å². The van der Waals surface area contributed by atoms with Crippen molar-refractivity contribution in [1.29, 1.82) is 0 Å². The lowest BCUT2D eigenvalue weighted by atomic mass is 9.73. The standard InChI is InChI=1S/C57H45N/c1-3-57(4-2)54-38-46-23-12-11-22-45(46)37-53(54)51-35-34-48(39-55(51)57)58(47-32-30-41(31-33-47)44-25-17-24-43(36-44)40-18-7-5-8-19-40)56-29-16-15-28-52(56)50-27-14-13-26-49(50)42-20-9-6-10-21-42/h5-39H,3-4H2,1-2H3. The van der Waals surface area contributed by atoms with Crippen LogP contribution in [0.2, 0.25) is 0 Å². The fraction of sp³-hybridized carbons (Fsp3) is 0.0877. The number of benzene rings is 9. The molecule has 9 aromatic carbocycles. The molecule has 10 rings (SSSR count). The predicted octanol–water partition coefficient (Wildman–Crippen LogP) is 16.1. The third kappa shape index (κ3) is 6.03. The molecule has 0 bridgehead atoms. The number of fused-ring (bicyclic) bond motifs is 4. The normalized spacial score (nSPS) is 12.6. The largest absolute Gasteiger partial charge is 0.310 e. The highest BCUT2D eigenvalue weighted by molar-refractivity contribution is 5.97. The van der Waals surface area contributed by atoms with Gasteiger partial charge in [0.15, 0.2) is 0 Å². The second kappa shape index (κ2) is 14.8. The van der Waals surface area contributed by atoms with Crippen LogP contribution in [0.5, 0.6) is 0 Å². The Kier molecular flexibility index (Phi) is 9.07. The number of rotatable bonds is 9. The Morgan fingerprint density at radius 3 is 1.53 bits per heavy atom. The maximum absolute atomic E-state index is 2.50. The van der Waals surface area contributed by atoms with Gasteiger partial charge in [-0.25, -0.2) is 0 Å². The number of para-hydroxylation sites is 1. The number of hydrogen-bond acceptors (Lipinski definition) is 1. The van der Waals surface area contributed by atoms with E-state index in [1.54, 1.807) is 0 Å². The van der Waals surface area contributed by atoms with Crippen molar-refractivity contribution < 1.29 is 0 Å². The average Bonchev–Trinajstić information content (AvgIpc) is 3.57. The number of anilines is 3. The van der Waals surface area contributed by atoms with E-state index in [-0.39, 0.29) is 5.41 Å². The summed E-state index contributed by atoms with van der Waals surface area (Å²) in [4.78, 5) is 2.48. The molecule has 0 atom stereocenters. The zero-order valence-electron chi connectivity index (χ0n) is 33.1. The first-order valence-corrected chi connectivity index (χ1v) is 20.6. The van der Waals surface area contributed by atoms with Crippen LogP contribution in [0, 0.1) is 0 Å². The lowest BCUT2D eigenvalue weighted by Crippen LogP contribution is -2.23. The van der Waals surface area contributed by atoms with Crippen molar-refractivity contribution in [3.8, 4) is 55.6 Å². The summed E-state index contributed by atoms with van der Waals surface area (Å²) < 4.78 is 0. The highest BCUT2D eigenvalue weighted by atomic mass is 15.1. The van der Waals surface area contributed by atoms with E-state index in [1.807, 2.05) is 0 Å². The van der Waals surface area contributed by atoms with Crippen molar-refractivity contribution in [3.05, 3.63) is 223 Å². The highest BCUT2D eigenvalue weighted by Crippen LogP contribution is 2.55. The van der Waals surface area contributed by atoms with E-state index in [9.17, 15) is 0 Å². The van der Waals surface area contributed by atoms with E-state index in [2.05, 4.69) is 231 Å². The van der Waals surface area contributed by atoms with Gasteiger partial charge in [-0.3, -0.25) is 0 Å². The van der Waals surface area contributed by atoms with Crippen LogP contribution in [0.1, 0.15) is 37.8 Å². The second-order valence-corrected chi connectivity index (χ2v) is 15.5. The summed E-state index contributed by atoms with van der Waals surface area (Å²) in [5.41, 5.74) is 18.6. The topological polar surface area (TPSA) is 3.24 Å². The molecule has 0 heterocycles. The van der Waals surface area contributed by atoms with Crippen LogP contribution in [0.4, 0.5) is 17.1 Å². The van der Waals surface area contributed by atoms with Crippen LogP contribution >= 0.6 is 0 Å². The molecule has 278 valence electrons. The first-order valence-electron chi connectivity index (χ1n) is 20.6. The Balaban J connectivity index is 1.15. The van der Waals surface area contributed by atoms with Gasteiger partial charge in [-0.05, 0) is 133 Å². The Morgan fingerprint density at radius 2 is 0.845 bits per heavy atom. The van der Waals surface area contributed by atoms with Gasteiger partial charge >= 0.3 is 0 Å². The lowest BCUT2D eigenvalue weighted by Gasteiger charge is -2.32. The third-order valence-electron chi connectivity index (χ3n) is 12.6. The Labute approximate surface area is 342 Å². The summed E-state index contributed by atoms with van der Waals surface area (Å²) in [6, 6.07) is 78.1. The zero-order chi connectivity index (χ0) is 39.1. The van der Waals surface area contributed by atoms with Crippen molar-refractivity contribution in [2.24, 2.45) is 0 Å². The molecule has 58 heavy (non-hydrogen) atoms. The van der Waals surface area contributed by atoms with Crippen LogP contribution in [0.25, 0.3) is 66.4 Å². The van der Waals surface area contributed by atoms with Crippen LogP contribution in [0.3, 0.4) is 0 Å². The fourth-order valence-electron chi connectivity index (χ4n) is 9.54. The van der Waals surface area contributed by atoms with E-state index >= 15 is 0 Å². The second-order valence-electron chi connectivity index (χ2n) is 15.5. The molecule has 0 spiro atoms. The minimum Gasteiger partial charge on any atom is -0.310 e. The van der Waals surface area contributed by atoms with E-state index < -0.39 is 0 Å². The molecule has 0 aliphatic heterocycles. The minimum absolute atomic E-state index is 0.0799. The molecule has 0 saturated heterocycles. The highest BCUT2D eigenvalue weighted by Gasteiger charge is 2.41. The first-order chi connectivity index (χ1) is 28.6. The van der Waals surface area contributed by atoms with Gasteiger partial charge in [0.05, 0.1) is 5.69 Å². The summed E-state index contributed by atoms with van der Waals surface area (Å²) in [5.74, 6) is 0. The Bertz CT molecular complexity index is 2900. The predicted molar refractivity (Wildman–Crippen MR) is 247 cm³/mol. The van der Waals surface area contributed by atoms with Gasteiger partial charge in [0.25, 0.3) is 0 Å². The van der Waals surface area contributed by atoms with Gasteiger partial charge in [0.1, 0.15) is 0 Å².